The number of carbonyl (C=O) groups excluding carboxylic acids is 1. The predicted octanol–water partition coefficient (Wildman–Crippen LogP) is 11.1. The molecule has 9 unspecified atom stereocenters. The minimum Gasteiger partial charge on any atom is -0.446 e. The average molecular weight is 780 g/mol. The molecular weight excluding hydrogens is 718 g/mol. The van der Waals surface area contributed by atoms with Crippen LogP contribution < -0.4 is 0 Å². The summed E-state index contributed by atoms with van der Waals surface area (Å²) in [5.74, 6) is -1.15. The summed E-state index contributed by atoms with van der Waals surface area (Å²) >= 11 is 1.47. The Balaban J connectivity index is 0.000000263. The maximum atomic E-state index is 13.3. The predicted molar refractivity (Wildman–Crippen MR) is 186 cm³/mol. The Morgan fingerprint density at radius 2 is 1.60 bits per heavy atom. The lowest BCUT2D eigenvalue weighted by Crippen LogP contribution is -2.56. The molecule has 0 aromatic rings. The molecule has 0 aromatic heterocycles. The van der Waals surface area contributed by atoms with Crippen LogP contribution in [0.15, 0.2) is 0 Å². The summed E-state index contributed by atoms with van der Waals surface area (Å²) in [5.41, 5.74) is 0.223. The van der Waals surface area contributed by atoms with Gasteiger partial charge in [-0.3, -0.25) is 4.90 Å². The average Bonchev–Trinajstić information content (AvgIpc) is 3.35. The number of aliphatic hydroxyl groups excluding tert-OH is 1. The molecule has 5 aliphatic rings. The molecule has 0 radical (unpaired) electrons. The molecule has 14 heteroatoms. The number of hydrogen-bond acceptors (Lipinski definition) is 5. The van der Waals surface area contributed by atoms with Crippen LogP contribution in [0.3, 0.4) is 0 Å². The fourth-order valence-corrected chi connectivity index (χ4v) is 11.6. The molecule has 1 saturated heterocycles. The van der Waals surface area contributed by atoms with Gasteiger partial charge in [0.2, 0.25) is 0 Å². The SMILES string of the molecule is CC12CCC3C4CCC(OC(=O)N5CCOCC5C(F)(F)F)CC4CCC3C1CCC2O.CCC(C)(C)CC(C)(C)SCCCC(F)(F)C(F)(F)F. The number of nitrogens with zero attached hydrogens (tertiary/aromatic N) is 1. The molecule has 4 saturated carbocycles. The Morgan fingerprint density at radius 1 is 0.923 bits per heavy atom. The van der Waals surface area contributed by atoms with E-state index in [1.165, 1.54) is 24.6 Å². The highest BCUT2D eigenvalue weighted by molar-refractivity contribution is 8.00. The summed E-state index contributed by atoms with van der Waals surface area (Å²) in [7, 11) is 0. The number of carbonyl (C=O) groups is 1. The van der Waals surface area contributed by atoms with Gasteiger partial charge in [-0.15, -0.1) is 0 Å². The summed E-state index contributed by atoms with van der Waals surface area (Å²) in [4.78, 5) is 13.4. The number of halogens is 8. The minimum absolute atomic E-state index is 0.0773. The fourth-order valence-electron chi connectivity index (χ4n) is 10.3. The van der Waals surface area contributed by atoms with E-state index in [1.807, 2.05) is 13.8 Å². The topological polar surface area (TPSA) is 59.0 Å². The van der Waals surface area contributed by atoms with Crippen molar-refractivity contribution in [3.63, 3.8) is 0 Å². The number of amides is 1. The molecule has 9 atom stereocenters. The van der Waals surface area contributed by atoms with Crippen LogP contribution in [0.1, 0.15) is 125 Å². The Bertz CT molecular complexity index is 1180. The first-order valence-electron chi connectivity index (χ1n) is 19.3. The zero-order valence-corrected chi connectivity index (χ0v) is 32.5. The van der Waals surface area contributed by atoms with Crippen LogP contribution in [-0.4, -0.2) is 82.9 Å². The molecule has 1 N–H and O–H groups in total. The van der Waals surface area contributed by atoms with E-state index in [2.05, 4.69) is 27.7 Å². The third-order valence-corrected chi connectivity index (χ3v) is 14.7. The van der Waals surface area contributed by atoms with Gasteiger partial charge in [0.1, 0.15) is 6.10 Å². The summed E-state index contributed by atoms with van der Waals surface area (Å²) in [6.07, 6.45) is -1.52. The third kappa shape index (κ3) is 10.4. The number of hydrogen-bond donors (Lipinski definition) is 1. The van der Waals surface area contributed by atoms with Crippen LogP contribution in [0.25, 0.3) is 0 Å². The molecule has 1 heterocycles. The normalized spacial score (nSPS) is 34.4. The van der Waals surface area contributed by atoms with Gasteiger partial charge in [0.05, 0.1) is 19.3 Å². The molecule has 304 valence electrons. The minimum atomic E-state index is -5.43. The molecule has 4 aliphatic carbocycles. The van der Waals surface area contributed by atoms with Gasteiger partial charge in [-0.25, -0.2) is 4.79 Å². The largest absolute Gasteiger partial charge is 0.453 e. The summed E-state index contributed by atoms with van der Waals surface area (Å²) in [6.45, 7) is 12.2. The van der Waals surface area contributed by atoms with Gasteiger partial charge in [0.25, 0.3) is 0 Å². The maximum Gasteiger partial charge on any atom is 0.453 e. The van der Waals surface area contributed by atoms with E-state index in [0.717, 1.165) is 62.7 Å². The molecule has 1 aliphatic heterocycles. The lowest BCUT2D eigenvalue weighted by Gasteiger charge is -2.55. The monoisotopic (exact) mass is 779 g/mol. The van der Waals surface area contributed by atoms with Crippen molar-refractivity contribution in [2.45, 2.75) is 166 Å². The zero-order chi connectivity index (χ0) is 38.9. The van der Waals surface area contributed by atoms with Crippen LogP contribution in [0.2, 0.25) is 0 Å². The van der Waals surface area contributed by atoms with Gasteiger partial charge in [-0.2, -0.15) is 46.9 Å². The van der Waals surface area contributed by atoms with Crippen LogP contribution >= 0.6 is 11.8 Å². The summed E-state index contributed by atoms with van der Waals surface area (Å²) in [5, 5.41) is 10.6. The Morgan fingerprint density at radius 3 is 2.23 bits per heavy atom. The second kappa shape index (κ2) is 16.6. The smallest absolute Gasteiger partial charge is 0.446 e. The molecular formula is C38H61F8NO4S. The van der Waals surface area contributed by atoms with Gasteiger partial charge in [-0.05, 0) is 117 Å². The Hall–Kier alpha value is -1.02. The van der Waals surface area contributed by atoms with E-state index in [9.17, 15) is 45.0 Å². The number of ether oxygens (including phenoxy) is 2. The molecule has 0 aromatic carbocycles. The van der Waals surface area contributed by atoms with E-state index in [1.54, 1.807) is 0 Å². The maximum absolute atomic E-state index is 13.3. The lowest BCUT2D eigenvalue weighted by atomic mass is 9.50. The van der Waals surface area contributed by atoms with Gasteiger partial charge >= 0.3 is 24.4 Å². The van der Waals surface area contributed by atoms with Crippen LogP contribution in [0.4, 0.5) is 39.9 Å². The van der Waals surface area contributed by atoms with E-state index < -0.39 is 43.4 Å². The van der Waals surface area contributed by atoms with Crippen molar-refractivity contribution in [2.75, 3.05) is 25.5 Å². The second-order valence-corrected chi connectivity index (χ2v) is 19.6. The highest BCUT2D eigenvalue weighted by Crippen LogP contribution is 2.62. The van der Waals surface area contributed by atoms with E-state index in [4.69, 9.17) is 9.47 Å². The molecule has 1 amide bonds. The first-order chi connectivity index (χ1) is 23.9. The molecule has 5 nitrogen and oxygen atoms in total. The first-order valence-corrected chi connectivity index (χ1v) is 20.3. The van der Waals surface area contributed by atoms with Crippen molar-refractivity contribution in [3.05, 3.63) is 0 Å². The molecule has 0 spiro atoms. The quantitative estimate of drug-likeness (QED) is 0.187. The van der Waals surface area contributed by atoms with E-state index >= 15 is 0 Å². The van der Waals surface area contributed by atoms with Crippen molar-refractivity contribution in [2.24, 2.45) is 40.4 Å². The van der Waals surface area contributed by atoms with Crippen LogP contribution in [-0.2, 0) is 9.47 Å². The summed E-state index contributed by atoms with van der Waals surface area (Å²) in [6, 6.07) is -1.92. The first kappa shape index (κ1) is 43.7. The van der Waals surface area contributed by atoms with Gasteiger partial charge in [-0.1, -0.05) is 48.0 Å². The number of rotatable bonds is 9. The van der Waals surface area contributed by atoms with Crippen molar-refractivity contribution in [1.29, 1.82) is 0 Å². The number of fused-ring (bicyclic) bond motifs is 5. The molecule has 5 fully saturated rings. The highest BCUT2D eigenvalue weighted by Gasteiger charge is 2.58. The highest BCUT2D eigenvalue weighted by atomic mass is 32.2. The number of aliphatic hydroxyl groups is 1. The summed E-state index contributed by atoms with van der Waals surface area (Å²) < 4.78 is 112. The van der Waals surface area contributed by atoms with E-state index in [-0.39, 0.29) is 47.4 Å². The van der Waals surface area contributed by atoms with Crippen molar-refractivity contribution >= 4 is 17.9 Å². The molecule has 5 rings (SSSR count). The number of morpholine rings is 1. The zero-order valence-electron chi connectivity index (χ0n) is 31.7. The van der Waals surface area contributed by atoms with Crippen LogP contribution in [0.5, 0.6) is 0 Å². The number of alkyl halides is 8. The van der Waals surface area contributed by atoms with Gasteiger partial charge in [0, 0.05) is 17.7 Å². The van der Waals surface area contributed by atoms with Gasteiger partial charge < -0.3 is 14.6 Å². The molecule has 52 heavy (non-hydrogen) atoms. The van der Waals surface area contributed by atoms with Crippen molar-refractivity contribution in [1.82, 2.24) is 4.90 Å². The third-order valence-electron chi connectivity index (χ3n) is 13.3. The molecule has 0 bridgehead atoms. The second-order valence-electron chi connectivity index (χ2n) is 17.8. The van der Waals surface area contributed by atoms with Crippen molar-refractivity contribution < 1.29 is 54.5 Å². The van der Waals surface area contributed by atoms with Crippen LogP contribution in [0, 0.1) is 40.4 Å². The Kier molecular flexibility index (Phi) is 14.0. The number of thioether (sulfide) groups is 1. The fraction of sp³-hybridized carbons (Fsp3) is 0.974. The Labute approximate surface area is 309 Å². The van der Waals surface area contributed by atoms with E-state index in [0.29, 0.717) is 35.3 Å². The standard InChI is InChI=1S/C24H36F3NO4.C14H25F5S/c1-23-9-8-17-16-5-3-15(12-14(16)2-4-18(17)19(23)6-7-21(23)29)32-22(30)28-10-11-31-13-20(28)24(25,26)27;1-6-11(2,3)10-12(4,5)20-9-7-8-13(15,16)14(17,18)19/h14-21,29H,2-13H2,1H3;6-10H2,1-5H3. The van der Waals surface area contributed by atoms with Gasteiger partial charge in [0.15, 0.2) is 6.04 Å². The lowest BCUT2D eigenvalue weighted by molar-refractivity contribution is -0.284. The van der Waals surface area contributed by atoms with Crippen molar-refractivity contribution in [3.8, 4) is 0 Å².